The second-order valence-corrected chi connectivity index (χ2v) is 5.83. The Morgan fingerprint density at radius 2 is 1.08 bits per heavy atom. The van der Waals surface area contributed by atoms with E-state index in [1.165, 1.54) is 16.0 Å². The number of nitrogens with zero attached hydrogens (tertiary/aromatic N) is 1. The zero-order valence-electron chi connectivity index (χ0n) is 15.4. The van der Waals surface area contributed by atoms with Crippen LogP contribution >= 0.6 is 0 Å². The molecular formula is C21H27NO3. The molecule has 2 rings (SSSR count). The van der Waals surface area contributed by atoms with Crippen LogP contribution in [0.15, 0.2) is 48.5 Å². The third kappa shape index (κ3) is 6.34. The molecule has 0 aliphatic carbocycles. The van der Waals surface area contributed by atoms with Crippen molar-refractivity contribution in [2.24, 2.45) is 0 Å². The van der Waals surface area contributed by atoms with Crippen molar-refractivity contribution in [1.82, 2.24) is 4.90 Å². The van der Waals surface area contributed by atoms with Gasteiger partial charge in [0, 0.05) is 14.1 Å². The fourth-order valence-corrected chi connectivity index (χ4v) is 2.51. The second kappa shape index (κ2) is 10.2. The fraction of sp³-hybridized carbons (Fsp3) is 0.286. The Hall–Kier alpha value is -2.75. The number of phenols is 2. The Morgan fingerprint density at radius 3 is 1.28 bits per heavy atom. The fourth-order valence-electron chi connectivity index (χ4n) is 2.51. The lowest BCUT2D eigenvalue weighted by atomic mass is 9.91. The second-order valence-electron chi connectivity index (χ2n) is 5.83. The van der Waals surface area contributed by atoms with Crippen molar-refractivity contribution in [2.75, 3.05) is 14.1 Å². The zero-order chi connectivity index (χ0) is 18.8. The van der Waals surface area contributed by atoms with Crippen LogP contribution in [0.1, 0.15) is 37.8 Å². The van der Waals surface area contributed by atoms with Crippen LogP contribution in [0, 0.1) is 0 Å². The van der Waals surface area contributed by atoms with Gasteiger partial charge in [0.15, 0.2) is 0 Å². The number of carbonyl (C=O) groups excluding carboxylic acids is 1. The minimum absolute atomic E-state index is 0.284. The van der Waals surface area contributed by atoms with Crippen LogP contribution in [0.5, 0.6) is 11.5 Å². The molecule has 0 saturated carbocycles. The van der Waals surface area contributed by atoms with Crippen molar-refractivity contribution < 1.29 is 15.0 Å². The lowest BCUT2D eigenvalue weighted by Gasteiger charge is -2.14. The molecule has 0 radical (unpaired) electrons. The van der Waals surface area contributed by atoms with Gasteiger partial charge in [0.1, 0.15) is 11.5 Å². The maximum atomic E-state index is 9.43. The van der Waals surface area contributed by atoms with E-state index in [0.29, 0.717) is 0 Å². The number of rotatable bonds is 5. The molecule has 4 nitrogen and oxygen atoms in total. The van der Waals surface area contributed by atoms with Gasteiger partial charge in [-0.15, -0.1) is 0 Å². The molecule has 0 fully saturated rings. The van der Waals surface area contributed by atoms with Crippen LogP contribution in [0.25, 0.3) is 11.1 Å². The first kappa shape index (κ1) is 20.3. The molecule has 0 aliphatic rings. The van der Waals surface area contributed by atoms with Crippen molar-refractivity contribution >= 4 is 17.6 Å². The molecule has 134 valence electrons. The lowest BCUT2D eigenvalue weighted by Crippen LogP contribution is -2.06. The van der Waals surface area contributed by atoms with Gasteiger partial charge in [0.25, 0.3) is 0 Å². The lowest BCUT2D eigenvalue weighted by molar-refractivity contribution is -0.115. The topological polar surface area (TPSA) is 60.8 Å². The summed E-state index contributed by atoms with van der Waals surface area (Å²) in [5, 5.41) is 18.8. The number of hydrogen-bond acceptors (Lipinski definition) is 3. The van der Waals surface area contributed by atoms with E-state index < -0.39 is 0 Å². The molecule has 0 aromatic heterocycles. The smallest absolute Gasteiger partial charge is 0.209 e. The Labute approximate surface area is 150 Å². The summed E-state index contributed by atoms with van der Waals surface area (Å²) in [5.74, 6) is 0.568. The summed E-state index contributed by atoms with van der Waals surface area (Å²) < 4.78 is 0. The molecule has 2 aromatic rings. The van der Waals surface area contributed by atoms with Gasteiger partial charge in [-0.25, -0.2) is 0 Å². The number of hydrogen-bond donors (Lipinski definition) is 2. The van der Waals surface area contributed by atoms with Crippen molar-refractivity contribution in [3.8, 4) is 11.5 Å². The minimum atomic E-state index is 0.284. The molecule has 0 bridgehead atoms. The first-order chi connectivity index (χ1) is 11.9. The largest absolute Gasteiger partial charge is 0.508 e. The molecular weight excluding hydrogens is 314 g/mol. The highest BCUT2D eigenvalue weighted by molar-refractivity contribution is 5.90. The quantitative estimate of drug-likeness (QED) is 0.620. The summed E-state index contributed by atoms with van der Waals surface area (Å²) in [4.78, 5) is 10.9. The van der Waals surface area contributed by atoms with E-state index in [1.54, 1.807) is 38.4 Å². The van der Waals surface area contributed by atoms with Crippen molar-refractivity contribution in [1.29, 1.82) is 0 Å². The van der Waals surface area contributed by atoms with Crippen LogP contribution in [0.4, 0.5) is 0 Å². The van der Waals surface area contributed by atoms with Gasteiger partial charge in [0.2, 0.25) is 6.41 Å². The molecule has 4 heteroatoms. The third-order valence-electron chi connectivity index (χ3n) is 3.71. The van der Waals surface area contributed by atoms with Crippen LogP contribution in [-0.4, -0.2) is 35.6 Å². The number of amides is 1. The van der Waals surface area contributed by atoms with E-state index in [1.807, 2.05) is 24.3 Å². The Bertz CT molecular complexity index is 631. The zero-order valence-corrected chi connectivity index (χ0v) is 15.4. The summed E-state index contributed by atoms with van der Waals surface area (Å²) in [6, 6.07) is 14.7. The monoisotopic (exact) mass is 341 g/mol. The van der Waals surface area contributed by atoms with E-state index >= 15 is 0 Å². The minimum Gasteiger partial charge on any atom is -0.508 e. The van der Waals surface area contributed by atoms with E-state index in [9.17, 15) is 15.0 Å². The maximum Gasteiger partial charge on any atom is 0.209 e. The van der Waals surface area contributed by atoms with Gasteiger partial charge >= 0.3 is 0 Å². The van der Waals surface area contributed by atoms with Gasteiger partial charge in [0.05, 0.1) is 0 Å². The molecule has 0 aliphatic heterocycles. The van der Waals surface area contributed by atoms with Crippen molar-refractivity contribution in [3.63, 3.8) is 0 Å². The summed E-state index contributed by atoms with van der Waals surface area (Å²) in [5.41, 5.74) is 4.82. The van der Waals surface area contributed by atoms with Gasteiger partial charge < -0.3 is 15.1 Å². The number of allylic oxidation sites excluding steroid dienone is 2. The Morgan fingerprint density at radius 1 is 0.800 bits per heavy atom. The van der Waals surface area contributed by atoms with Crippen LogP contribution in [-0.2, 0) is 4.79 Å². The summed E-state index contributed by atoms with van der Waals surface area (Å²) in [7, 11) is 3.38. The van der Waals surface area contributed by atoms with Gasteiger partial charge in [-0.05, 0) is 59.4 Å². The van der Waals surface area contributed by atoms with E-state index in [-0.39, 0.29) is 11.5 Å². The highest BCUT2D eigenvalue weighted by Gasteiger charge is 2.09. The molecule has 0 spiro atoms. The van der Waals surface area contributed by atoms with Gasteiger partial charge in [-0.1, -0.05) is 38.1 Å². The number of aromatic hydroxyl groups is 2. The Balaban J connectivity index is 0.000000550. The van der Waals surface area contributed by atoms with Crippen LogP contribution in [0.3, 0.4) is 0 Å². The molecule has 0 heterocycles. The summed E-state index contributed by atoms with van der Waals surface area (Å²) >= 11 is 0. The first-order valence-electron chi connectivity index (χ1n) is 8.35. The molecule has 25 heavy (non-hydrogen) atoms. The average molecular weight is 341 g/mol. The van der Waals surface area contributed by atoms with E-state index in [0.717, 1.165) is 30.4 Å². The standard InChI is InChI=1S/C18H20O2.C3H7NO/c1-3-17(13-5-9-15(19)10-6-13)18(4-2)14-7-11-16(20)12-8-14;1-4(2)3-5/h5-12,19-20H,3-4H2,1-2H3;3H,1-2H3/b18-17+;. The number of carbonyl (C=O) groups is 1. The molecule has 2 aromatic carbocycles. The predicted octanol–water partition coefficient (Wildman–Crippen LogP) is 4.53. The molecule has 0 atom stereocenters. The highest BCUT2D eigenvalue weighted by atomic mass is 16.3. The average Bonchev–Trinajstić information content (AvgIpc) is 2.62. The Kier molecular flexibility index (Phi) is 8.27. The van der Waals surface area contributed by atoms with Crippen molar-refractivity contribution in [2.45, 2.75) is 26.7 Å². The third-order valence-corrected chi connectivity index (χ3v) is 3.71. The van der Waals surface area contributed by atoms with Crippen molar-refractivity contribution in [3.05, 3.63) is 59.7 Å². The molecule has 2 N–H and O–H groups in total. The molecule has 1 amide bonds. The van der Waals surface area contributed by atoms with Gasteiger partial charge in [-0.3, -0.25) is 4.79 Å². The maximum absolute atomic E-state index is 9.43. The first-order valence-corrected chi connectivity index (χ1v) is 8.35. The van der Waals surface area contributed by atoms with E-state index in [2.05, 4.69) is 13.8 Å². The van der Waals surface area contributed by atoms with Gasteiger partial charge in [-0.2, -0.15) is 0 Å². The summed E-state index contributed by atoms with van der Waals surface area (Å²) in [6.07, 6.45) is 2.60. The predicted molar refractivity (Wildman–Crippen MR) is 103 cm³/mol. The SMILES string of the molecule is CC/C(=C(/CC)c1ccc(O)cc1)c1ccc(O)cc1.CN(C)C=O. The number of benzene rings is 2. The van der Waals surface area contributed by atoms with E-state index in [4.69, 9.17) is 0 Å². The van der Waals surface area contributed by atoms with Crippen LogP contribution < -0.4 is 0 Å². The molecule has 0 saturated heterocycles. The normalized spacial score (nSPS) is 11.0. The van der Waals surface area contributed by atoms with Crippen LogP contribution in [0.2, 0.25) is 0 Å². The summed E-state index contributed by atoms with van der Waals surface area (Å²) in [6.45, 7) is 4.27. The highest BCUT2D eigenvalue weighted by Crippen LogP contribution is 2.32. The molecule has 0 unspecified atom stereocenters. The number of phenolic OH excluding ortho intramolecular Hbond substituents is 2.